The Morgan fingerprint density at radius 3 is 2.57 bits per heavy atom. The number of nitrogens with one attached hydrogen (secondary N) is 1. The van der Waals surface area contributed by atoms with Crippen LogP contribution in [-0.2, 0) is 4.79 Å². The van der Waals surface area contributed by atoms with Crippen LogP contribution in [-0.4, -0.2) is 52.1 Å². The van der Waals surface area contributed by atoms with Crippen LogP contribution in [0.3, 0.4) is 0 Å². The lowest BCUT2D eigenvalue weighted by atomic mass is 10.0. The first-order valence-electron chi connectivity index (χ1n) is 7.70. The van der Waals surface area contributed by atoms with Crippen LogP contribution in [0.15, 0.2) is 0 Å². The van der Waals surface area contributed by atoms with Gasteiger partial charge in [-0.3, -0.25) is 4.79 Å². The van der Waals surface area contributed by atoms with Gasteiger partial charge in [-0.15, -0.1) is 0 Å². The smallest absolute Gasteiger partial charge is 0.404 e. The number of likely N-dealkylation sites (tertiary alicyclic amines) is 1. The Kier molecular flexibility index (Phi) is 7.03. The lowest BCUT2D eigenvalue weighted by Crippen LogP contribution is -2.46. The molecular weight excluding hydrogens is 308 g/mol. The zero-order valence-electron chi connectivity index (χ0n) is 12.3. The Bertz CT molecular complexity index is 354. The number of hydrogen-bond donors (Lipinski definition) is 2. The lowest BCUT2D eigenvalue weighted by Gasteiger charge is -2.32. The van der Waals surface area contributed by atoms with E-state index >= 15 is 0 Å². The summed E-state index contributed by atoms with van der Waals surface area (Å²) in [6, 6.07) is 0.00319. The van der Waals surface area contributed by atoms with Crippen molar-refractivity contribution < 1.29 is 14.7 Å². The number of hydrogen-bond acceptors (Lipinski definition) is 4. The first kappa shape index (κ1) is 16.8. The van der Waals surface area contributed by atoms with Crippen molar-refractivity contribution in [2.45, 2.75) is 56.2 Å². The van der Waals surface area contributed by atoms with E-state index in [0.29, 0.717) is 19.5 Å². The maximum absolute atomic E-state index is 12.1. The highest BCUT2D eigenvalue weighted by Gasteiger charge is 2.23. The number of carbonyl (C=O) groups is 2. The summed E-state index contributed by atoms with van der Waals surface area (Å²) in [7, 11) is 3.97. The molecule has 120 valence electrons. The minimum Gasteiger partial charge on any atom is -0.465 e. The Hall–Kier alpha value is -0.560. The van der Waals surface area contributed by atoms with E-state index in [1.54, 1.807) is 0 Å². The fourth-order valence-electron chi connectivity index (χ4n) is 2.82. The van der Waals surface area contributed by atoms with Crippen LogP contribution in [0.5, 0.6) is 0 Å². The molecule has 2 heterocycles. The summed E-state index contributed by atoms with van der Waals surface area (Å²) in [6.45, 7) is 1.36. The second-order valence-electron chi connectivity index (χ2n) is 5.68. The molecule has 2 aliphatic rings. The average Bonchev–Trinajstić information content (AvgIpc) is 2.97. The second kappa shape index (κ2) is 8.78. The molecule has 0 saturated carbocycles. The molecule has 7 heteroatoms. The van der Waals surface area contributed by atoms with Crippen LogP contribution >= 0.6 is 21.6 Å². The Labute approximate surface area is 134 Å². The first-order chi connectivity index (χ1) is 10.1. The molecular formula is C14H24N2O3S2. The van der Waals surface area contributed by atoms with Crippen LogP contribution in [0.1, 0.15) is 44.9 Å². The van der Waals surface area contributed by atoms with Gasteiger partial charge >= 0.3 is 6.09 Å². The van der Waals surface area contributed by atoms with Gasteiger partial charge in [0.25, 0.3) is 0 Å². The van der Waals surface area contributed by atoms with Crippen molar-refractivity contribution in [1.29, 1.82) is 0 Å². The number of amides is 2. The second-order valence-corrected chi connectivity index (χ2v) is 8.47. The quantitative estimate of drug-likeness (QED) is 0.578. The third-order valence-corrected chi connectivity index (χ3v) is 7.08. The van der Waals surface area contributed by atoms with Crippen LogP contribution in [0.25, 0.3) is 0 Å². The normalized spacial score (nSPS) is 23.2. The van der Waals surface area contributed by atoms with E-state index in [1.807, 2.05) is 26.5 Å². The molecule has 2 saturated heterocycles. The van der Waals surface area contributed by atoms with Crippen LogP contribution < -0.4 is 5.32 Å². The summed E-state index contributed by atoms with van der Waals surface area (Å²) in [5.41, 5.74) is 0. The van der Waals surface area contributed by atoms with Gasteiger partial charge in [0.05, 0.1) is 0 Å². The molecule has 2 N–H and O–H groups in total. The van der Waals surface area contributed by atoms with Crippen molar-refractivity contribution >= 4 is 33.6 Å². The van der Waals surface area contributed by atoms with Gasteiger partial charge in [0.2, 0.25) is 5.91 Å². The highest BCUT2D eigenvalue weighted by atomic mass is 33.1. The molecule has 2 amide bonds. The fraction of sp³-hybridized carbons (Fsp3) is 0.857. The van der Waals surface area contributed by atoms with Gasteiger partial charge < -0.3 is 15.3 Å². The SMILES string of the molecule is O=C(O)NC1CCN(C(=O)CCCCC2CCSS2)CC1. The fourth-order valence-corrected chi connectivity index (χ4v) is 5.85. The Morgan fingerprint density at radius 2 is 1.95 bits per heavy atom. The monoisotopic (exact) mass is 332 g/mol. The first-order valence-corrected chi connectivity index (χ1v) is 10.1. The van der Waals surface area contributed by atoms with Crippen LogP contribution in [0, 0.1) is 0 Å². The predicted octanol–water partition coefficient (Wildman–Crippen LogP) is 2.96. The molecule has 0 aliphatic carbocycles. The van der Waals surface area contributed by atoms with Crippen molar-refractivity contribution in [3.05, 3.63) is 0 Å². The number of nitrogens with zero attached hydrogens (tertiary/aromatic N) is 1. The molecule has 0 aromatic heterocycles. The molecule has 0 aromatic carbocycles. The average molecular weight is 332 g/mol. The van der Waals surface area contributed by atoms with Crippen molar-refractivity contribution in [3.63, 3.8) is 0 Å². The van der Waals surface area contributed by atoms with E-state index in [-0.39, 0.29) is 11.9 Å². The Morgan fingerprint density at radius 1 is 1.19 bits per heavy atom. The summed E-state index contributed by atoms with van der Waals surface area (Å²) in [5.74, 6) is 1.50. The molecule has 2 rings (SSSR count). The molecule has 2 fully saturated rings. The molecule has 0 aromatic rings. The molecule has 21 heavy (non-hydrogen) atoms. The molecule has 1 atom stereocenters. The Balaban J connectivity index is 1.55. The number of piperidine rings is 1. The van der Waals surface area contributed by atoms with Crippen molar-refractivity contribution in [2.24, 2.45) is 0 Å². The summed E-state index contributed by atoms with van der Waals surface area (Å²) in [6.07, 6.45) is 5.80. The number of carbonyl (C=O) groups excluding carboxylic acids is 1. The van der Waals surface area contributed by atoms with E-state index in [0.717, 1.165) is 30.9 Å². The minimum absolute atomic E-state index is 0.00319. The highest BCUT2D eigenvalue weighted by Crippen LogP contribution is 2.39. The highest BCUT2D eigenvalue weighted by molar-refractivity contribution is 8.77. The van der Waals surface area contributed by atoms with Crippen LogP contribution in [0.2, 0.25) is 0 Å². The summed E-state index contributed by atoms with van der Waals surface area (Å²) >= 11 is 0. The molecule has 0 spiro atoms. The standard InChI is InChI=1S/C14H24N2O3S2/c17-13(4-2-1-3-12-7-10-20-21-12)16-8-5-11(6-9-16)15-14(18)19/h11-12,15H,1-10H2,(H,18,19). The summed E-state index contributed by atoms with van der Waals surface area (Å²) in [5, 5.41) is 12.0. The predicted molar refractivity (Wildman–Crippen MR) is 87.7 cm³/mol. The van der Waals surface area contributed by atoms with Gasteiger partial charge in [0.15, 0.2) is 0 Å². The van der Waals surface area contributed by atoms with Gasteiger partial charge in [-0.2, -0.15) is 0 Å². The van der Waals surface area contributed by atoms with E-state index in [1.165, 1.54) is 18.6 Å². The zero-order valence-corrected chi connectivity index (χ0v) is 13.9. The number of unbranched alkanes of at least 4 members (excludes halogenated alkanes) is 1. The number of rotatable bonds is 6. The van der Waals surface area contributed by atoms with Gasteiger partial charge in [-0.05, 0) is 32.1 Å². The van der Waals surface area contributed by atoms with E-state index in [4.69, 9.17) is 5.11 Å². The van der Waals surface area contributed by atoms with E-state index in [9.17, 15) is 9.59 Å². The van der Waals surface area contributed by atoms with Gasteiger partial charge in [0, 0.05) is 36.6 Å². The maximum atomic E-state index is 12.1. The van der Waals surface area contributed by atoms with Gasteiger partial charge in [0.1, 0.15) is 0 Å². The molecule has 1 unspecified atom stereocenters. The third-order valence-electron chi connectivity index (χ3n) is 4.07. The largest absolute Gasteiger partial charge is 0.465 e. The van der Waals surface area contributed by atoms with Gasteiger partial charge in [-0.1, -0.05) is 28.0 Å². The summed E-state index contributed by atoms with van der Waals surface area (Å²) < 4.78 is 0. The zero-order chi connectivity index (χ0) is 15.1. The van der Waals surface area contributed by atoms with Crippen LogP contribution in [0.4, 0.5) is 4.79 Å². The topological polar surface area (TPSA) is 69.6 Å². The molecule has 0 bridgehead atoms. The maximum Gasteiger partial charge on any atom is 0.404 e. The lowest BCUT2D eigenvalue weighted by molar-refractivity contribution is -0.132. The van der Waals surface area contributed by atoms with Crippen molar-refractivity contribution in [1.82, 2.24) is 10.2 Å². The minimum atomic E-state index is -0.970. The molecule has 2 aliphatic heterocycles. The third kappa shape index (κ3) is 5.98. The molecule has 5 nitrogen and oxygen atoms in total. The van der Waals surface area contributed by atoms with E-state index in [2.05, 4.69) is 5.32 Å². The van der Waals surface area contributed by atoms with Crippen molar-refractivity contribution in [3.8, 4) is 0 Å². The number of carboxylic acid groups (broad SMARTS) is 1. The summed E-state index contributed by atoms with van der Waals surface area (Å²) in [4.78, 5) is 24.6. The molecule has 0 radical (unpaired) electrons. The van der Waals surface area contributed by atoms with E-state index < -0.39 is 6.09 Å². The van der Waals surface area contributed by atoms with Crippen molar-refractivity contribution in [2.75, 3.05) is 18.8 Å². The van der Waals surface area contributed by atoms with Gasteiger partial charge in [-0.25, -0.2) is 4.79 Å².